The van der Waals surface area contributed by atoms with Crippen LogP contribution in [0, 0.1) is 11.8 Å². The van der Waals surface area contributed by atoms with Crippen molar-refractivity contribution in [3.05, 3.63) is 0 Å². The van der Waals surface area contributed by atoms with Crippen LogP contribution in [0.2, 0.25) is 0 Å². The van der Waals surface area contributed by atoms with Crippen molar-refractivity contribution in [3.8, 4) is 0 Å². The fourth-order valence-corrected chi connectivity index (χ4v) is 14.6. The Morgan fingerprint density at radius 3 is 0.738 bits per heavy atom. The van der Waals surface area contributed by atoms with Crippen LogP contribution >= 0.6 is 15.6 Å². The van der Waals surface area contributed by atoms with Gasteiger partial charge in [-0.05, 0) is 37.5 Å². The molecule has 0 bridgehead atoms. The van der Waals surface area contributed by atoms with Gasteiger partial charge in [-0.1, -0.05) is 395 Å². The van der Waals surface area contributed by atoms with Crippen molar-refractivity contribution in [2.24, 2.45) is 11.8 Å². The highest BCUT2D eigenvalue weighted by molar-refractivity contribution is 7.47. The molecule has 0 aromatic carbocycles. The summed E-state index contributed by atoms with van der Waals surface area (Å²) < 4.78 is 68.9. The van der Waals surface area contributed by atoms with E-state index in [1.165, 1.54) is 263 Å². The van der Waals surface area contributed by atoms with Crippen molar-refractivity contribution in [3.63, 3.8) is 0 Å². The molecule has 0 heterocycles. The molecular formula is C84H164O17P2. The summed E-state index contributed by atoms with van der Waals surface area (Å²) >= 11 is 0. The van der Waals surface area contributed by atoms with Crippen molar-refractivity contribution in [2.75, 3.05) is 39.6 Å². The number of hydrogen-bond donors (Lipinski definition) is 3. The number of esters is 4. The van der Waals surface area contributed by atoms with Crippen LogP contribution in [0.4, 0.5) is 0 Å². The van der Waals surface area contributed by atoms with Gasteiger partial charge in [-0.25, -0.2) is 9.13 Å². The first kappa shape index (κ1) is 101. The molecule has 0 radical (unpaired) electrons. The zero-order chi connectivity index (χ0) is 75.6. The van der Waals surface area contributed by atoms with Gasteiger partial charge in [0.2, 0.25) is 0 Å². The number of ether oxygens (including phenoxy) is 4. The topological polar surface area (TPSA) is 237 Å². The molecule has 0 amide bonds. The lowest BCUT2D eigenvalue weighted by Crippen LogP contribution is -2.30. The summed E-state index contributed by atoms with van der Waals surface area (Å²) in [4.78, 5) is 73.2. The van der Waals surface area contributed by atoms with E-state index in [4.69, 9.17) is 37.0 Å². The Bertz CT molecular complexity index is 1980. The number of aliphatic hydroxyl groups excluding tert-OH is 1. The van der Waals surface area contributed by atoms with Gasteiger partial charge in [0.15, 0.2) is 12.2 Å². The van der Waals surface area contributed by atoms with Crippen molar-refractivity contribution in [2.45, 2.75) is 464 Å². The minimum atomic E-state index is -4.96. The van der Waals surface area contributed by atoms with Crippen molar-refractivity contribution in [1.82, 2.24) is 0 Å². The first-order chi connectivity index (χ1) is 49.9. The lowest BCUT2D eigenvalue weighted by molar-refractivity contribution is -0.161. The van der Waals surface area contributed by atoms with Gasteiger partial charge < -0.3 is 33.8 Å². The summed E-state index contributed by atoms with van der Waals surface area (Å²) in [6.07, 6.45) is 66.5. The Kier molecular flexibility index (Phi) is 74.1. The quantitative estimate of drug-likeness (QED) is 0.0222. The minimum absolute atomic E-state index is 0.107. The van der Waals surface area contributed by atoms with Gasteiger partial charge in [0, 0.05) is 25.7 Å². The molecule has 19 heteroatoms. The van der Waals surface area contributed by atoms with E-state index in [1.807, 2.05) is 0 Å². The summed E-state index contributed by atoms with van der Waals surface area (Å²) in [5.41, 5.74) is 0. The lowest BCUT2D eigenvalue weighted by Gasteiger charge is -2.21. The van der Waals surface area contributed by atoms with Gasteiger partial charge in [-0.3, -0.25) is 37.3 Å². The van der Waals surface area contributed by atoms with Gasteiger partial charge in [0.05, 0.1) is 26.4 Å². The molecule has 0 aromatic rings. The van der Waals surface area contributed by atoms with Gasteiger partial charge >= 0.3 is 39.5 Å². The van der Waals surface area contributed by atoms with E-state index in [-0.39, 0.29) is 25.7 Å². The van der Waals surface area contributed by atoms with E-state index in [0.717, 1.165) is 102 Å². The molecule has 17 nitrogen and oxygen atoms in total. The summed E-state index contributed by atoms with van der Waals surface area (Å²) in [6, 6.07) is 0. The van der Waals surface area contributed by atoms with E-state index in [0.29, 0.717) is 25.7 Å². The van der Waals surface area contributed by atoms with Crippen LogP contribution in [0.3, 0.4) is 0 Å². The highest BCUT2D eigenvalue weighted by Crippen LogP contribution is 2.45. The Balaban J connectivity index is 5.25. The molecule has 0 spiro atoms. The van der Waals surface area contributed by atoms with E-state index in [2.05, 4.69) is 41.5 Å². The van der Waals surface area contributed by atoms with Crippen LogP contribution in [0.1, 0.15) is 446 Å². The fourth-order valence-electron chi connectivity index (χ4n) is 13.0. The molecule has 3 unspecified atom stereocenters. The Morgan fingerprint density at radius 2 is 0.495 bits per heavy atom. The largest absolute Gasteiger partial charge is 0.472 e. The van der Waals surface area contributed by atoms with Crippen molar-refractivity contribution in [1.29, 1.82) is 0 Å². The predicted molar refractivity (Wildman–Crippen MR) is 423 cm³/mol. The zero-order valence-corrected chi connectivity index (χ0v) is 69.4. The molecule has 0 aliphatic carbocycles. The number of rotatable bonds is 83. The summed E-state index contributed by atoms with van der Waals surface area (Å²) in [6.45, 7) is 9.71. The maximum absolute atomic E-state index is 13.1. The second kappa shape index (κ2) is 75.5. The van der Waals surface area contributed by atoms with Crippen molar-refractivity contribution >= 4 is 39.5 Å². The summed E-state index contributed by atoms with van der Waals surface area (Å²) in [5.74, 6) is -0.501. The number of carbonyl (C=O) groups excluding carboxylic acids is 4. The molecule has 0 aromatic heterocycles. The van der Waals surface area contributed by atoms with E-state index in [1.54, 1.807) is 0 Å². The number of hydrogen-bond acceptors (Lipinski definition) is 15. The minimum Gasteiger partial charge on any atom is -0.462 e. The maximum atomic E-state index is 13.1. The molecule has 612 valence electrons. The Labute approximate surface area is 632 Å². The number of aliphatic hydroxyl groups is 1. The highest BCUT2D eigenvalue weighted by atomic mass is 31.2. The van der Waals surface area contributed by atoms with E-state index >= 15 is 0 Å². The molecule has 0 aliphatic heterocycles. The second-order valence-corrected chi connectivity index (χ2v) is 33.8. The number of carbonyl (C=O) groups is 4. The molecule has 0 rings (SSSR count). The first-order valence-electron chi connectivity index (χ1n) is 43.5. The number of phosphoric acid groups is 2. The van der Waals surface area contributed by atoms with Crippen LogP contribution in [-0.4, -0.2) is 96.7 Å². The van der Waals surface area contributed by atoms with Crippen LogP contribution in [0.15, 0.2) is 0 Å². The molecule has 6 atom stereocenters. The van der Waals surface area contributed by atoms with Crippen LogP contribution in [0.25, 0.3) is 0 Å². The van der Waals surface area contributed by atoms with Crippen LogP contribution < -0.4 is 0 Å². The van der Waals surface area contributed by atoms with Gasteiger partial charge in [0.1, 0.15) is 19.3 Å². The molecule has 3 N–H and O–H groups in total. The maximum Gasteiger partial charge on any atom is 0.472 e. The number of phosphoric ester groups is 2. The summed E-state index contributed by atoms with van der Waals surface area (Å²) in [7, 11) is -9.93. The fraction of sp³-hybridized carbons (Fsp3) is 0.952. The van der Waals surface area contributed by atoms with Crippen LogP contribution in [0.5, 0.6) is 0 Å². The average molecular weight is 1510 g/mol. The van der Waals surface area contributed by atoms with Gasteiger partial charge in [-0.2, -0.15) is 0 Å². The first-order valence-corrected chi connectivity index (χ1v) is 46.5. The third kappa shape index (κ3) is 76.6. The molecule has 103 heavy (non-hydrogen) atoms. The molecule has 0 saturated carbocycles. The normalized spacial score (nSPS) is 14.1. The third-order valence-corrected chi connectivity index (χ3v) is 22.0. The van der Waals surface area contributed by atoms with Gasteiger partial charge in [0.25, 0.3) is 0 Å². The summed E-state index contributed by atoms with van der Waals surface area (Å²) in [5, 5.41) is 10.7. The zero-order valence-electron chi connectivity index (χ0n) is 67.6. The molecular weight excluding hydrogens is 1340 g/mol. The SMILES string of the molecule is CCCCCCCCCCCCCCCCCCCCCCC(=O)O[C@H](COC(=O)CCCCCCCCCCCCCCCCC(C)C)COP(=O)(O)OC[C@@H](O)COP(=O)(O)OC[C@@H](COC(=O)CCCCCCCCCCCCCC)OC(=O)CCCCCCCCCCCCC(C)CC. The molecule has 0 fully saturated rings. The second-order valence-electron chi connectivity index (χ2n) is 30.9. The monoisotopic (exact) mass is 1510 g/mol. The molecule has 0 saturated heterocycles. The smallest absolute Gasteiger partial charge is 0.462 e. The Morgan fingerprint density at radius 1 is 0.282 bits per heavy atom. The van der Waals surface area contributed by atoms with E-state index < -0.39 is 97.5 Å². The van der Waals surface area contributed by atoms with E-state index in [9.17, 15) is 43.2 Å². The van der Waals surface area contributed by atoms with Crippen LogP contribution in [-0.2, 0) is 65.4 Å². The van der Waals surface area contributed by atoms with Crippen molar-refractivity contribution < 1.29 is 80.2 Å². The average Bonchev–Trinajstić information content (AvgIpc) is 0.948. The predicted octanol–water partition coefficient (Wildman–Crippen LogP) is 25.5. The standard InChI is InChI=1S/C84H164O17P2/c1-7-10-12-14-16-18-20-22-23-24-25-26-27-28-33-37-44-50-56-62-68-83(88)100-79(72-95-82(87)67-61-55-49-43-36-32-30-29-31-34-40-46-52-58-64-76(4)5)74-98-102(90,91)96-70-78(85)71-97-103(92,93)99-75-80(73-94-81(86)66-60-54-48-42-35-21-19-17-15-13-11-8-2)101-84(89)69-63-57-51-45-39-38-41-47-53-59-65-77(6)9-3/h76-80,85H,7-75H2,1-6H3,(H,90,91)(H,92,93)/t77?,78-,79-,80-/m1/s1. The Hall–Kier alpha value is -1.94. The lowest BCUT2D eigenvalue weighted by atomic mass is 9.99. The number of unbranched alkanes of at least 4 members (excludes halogenated alkanes) is 52. The molecule has 0 aliphatic rings. The third-order valence-electron chi connectivity index (χ3n) is 20.1. The highest BCUT2D eigenvalue weighted by Gasteiger charge is 2.30. The van der Waals surface area contributed by atoms with Gasteiger partial charge in [-0.15, -0.1) is 0 Å².